The number of rotatable bonds is 5. The summed E-state index contributed by atoms with van der Waals surface area (Å²) in [6.45, 7) is 0. The van der Waals surface area contributed by atoms with E-state index in [1.54, 1.807) is 18.9 Å². The molecule has 1 aromatic heterocycles. The molecule has 96 valence electrons. The van der Waals surface area contributed by atoms with E-state index in [4.69, 9.17) is 16.3 Å². The highest BCUT2D eigenvalue weighted by atomic mass is 35.5. The molecule has 0 saturated heterocycles. The highest BCUT2D eigenvalue weighted by Gasteiger charge is 2.08. The van der Waals surface area contributed by atoms with Gasteiger partial charge in [0.05, 0.1) is 7.11 Å². The van der Waals surface area contributed by atoms with Crippen molar-refractivity contribution in [1.29, 1.82) is 0 Å². The topological polar surface area (TPSA) is 47.0 Å². The van der Waals surface area contributed by atoms with Gasteiger partial charge in [-0.1, -0.05) is 34.7 Å². The first-order valence-corrected chi connectivity index (χ1v) is 7.37. The second-order valence-corrected chi connectivity index (χ2v) is 6.00. The van der Waals surface area contributed by atoms with Gasteiger partial charge in [-0.2, -0.15) is 0 Å². The molecule has 1 aromatic carbocycles. The lowest BCUT2D eigenvalue weighted by Gasteiger charge is -2.07. The van der Waals surface area contributed by atoms with E-state index in [-0.39, 0.29) is 0 Å². The van der Waals surface area contributed by atoms with Gasteiger partial charge >= 0.3 is 0 Å². The average molecular weight is 302 g/mol. The quantitative estimate of drug-likeness (QED) is 0.856. The molecule has 0 spiro atoms. The first-order valence-electron chi connectivity index (χ1n) is 5.19. The van der Waals surface area contributed by atoms with E-state index in [1.165, 1.54) is 11.3 Å². The monoisotopic (exact) mass is 301 g/mol. The summed E-state index contributed by atoms with van der Waals surface area (Å²) in [5.41, 5.74) is 1.05. The molecule has 0 aliphatic carbocycles. The Bertz CT molecular complexity index is 533. The first kappa shape index (κ1) is 13.5. The summed E-state index contributed by atoms with van der Waals surface area (Å²) in [6.07, 6.45) is 0. The molecule has 0 amide bonds. The molecule has 4 nitrogen and oxygen atoms in total. The lowest BCUT2D eigenvalue weighted by molar-refractivity contribution is 0.411. The number of ether oxygens (including phenoxy) is 1. The van der Waals surface area contributed by atoms with Crippen LogP contribution in [0.15, 0.2) is 22.5 Å². The third-order valence-corrected chi connectivity index (χ3v) is 4.57. The predicted molar refractivity (Wildman–Crippen MR) is 77.0 cm³/mol. The summed E-state index contributed by atoms with van der Waals surface area (Å²) in [4.78, 5) is 0. The predicted octanol–water partition coefficient (Wildman–Crippen LogP) is 3.53. The molecule has 0 bridgehead atoms. The van der Waals surface area contributed by atoms with Crippen LogP contribution in [0.1, 0.15) is 5.56 Å². The third kappa shape index (κ3) is 3.28. The molecular weight excluding hydrogens is 290 g/mol. The maximum absolute atomic E-state index is 5.98. The smallest absolute Gasteiger partial charge is 0.206 e. The van der Waals surface area contributed by atoms with Gasteiger partial charge in [-0.05, 0) is 18.2 Å². The van der Waals surface area contributed by atoms with Crippen molar-refractivity contribution in [2.45, 2.75) is 10.1 Å². The fourth-order valence-corrected chi connectivity index (χ4v) is 3.25. The Morgan fingerprint density at radius 2 is 2.28 bits per heavy atom. The molecule has 7 heteroatoms. The van der Waals surface area contributed by atoms with Crippen molar-refractivity contribution < 1.29 is 4.74 Å². The second-order valence-electron chi connectivity index (χ2n) is 3.37. The largest absolute Gasteiger partial charge is 0.496 e. The van der Waals surface area contributed by atoms with Crippen molar-refractivity contribution in [3.05, 3.63) is 28.8 Å². The summed E-state index contributed by atoms with van der Waals surface area (Å²) in [6, 6.07) is 5.60. The lowest BCUT2D eigenvalue weighted by atomic mass is 10.2. The second kappa shape index (κ2) is 6.26. The maximum Gasteiger partial charge on any atom is 0.206 e. The van der Waals surface area contributed by atoms with Crippen molar-refractivity contribution in [2.24, 2.45) is 0 Å². The fourth-order valence-electron chi connectivity index (χ4n) is 1.37. The molecule has 1 N–H and O–H groups in total. The van der Waals surface area contributed by atoms with Gasteiger partial charge in [0.15, 0.2) is 4.34 Å². The molecule has 0 aliphatic rings. The van der Waals surface area contributed by atoms with E-state index in [2.05, 4.69) is 15.5 Å². The Morgan fingerprint density at radius 3 is 2.94 bits per heavy atom. The summed E-state index contributed by atoms with van der Waals surface area (Å²) < 4.78 is 6.22. The van der Waals surface area contributed by atoms with Crippen molar-refractivity contribution in [3.8, 4) is 5.75 Å². The number of thioether (sulfide) groups is 1. The van der Waals surface area contributed by atoms with Crippen LogP contribution in [0, 0.1) is 0 Å². The van der Waals surface area contributed by atoms with Gasteiger partial charge < -0.3 is 10.1 Å². The lowest BCUT2D eigenvalue weighted by Crippen LogP contribution is -1.90. The van der Waals surface area contributed by atoms with Gasteiger partial charge in [0.25, 0.3) is 0 Å². The van der Waals surface area contributed by atoms with Gasteiger partial charge in [0, 0.05) is 23.4 Å². The average Bonchev–Trinajstić information content (AvgIpc) is 2.84. The van der Waals surface area contributed by atoms with Crippen LogP contribution in [0.25, 0.3) is 0 Å². The number of hydrogen-bond acceptors (Lipinski definition) is 6. The number of benzene rings is 1. The van der Waals surface area contributed by atoms with Gasteiger partial charge in [0.1, 0.15) is 5.75 Å². The minimum absolute atomic E-state index is 0.708. The number of methoxy groups -OCH3 is 1. The zero-order valence-electron chi connectivity index (χ0n) is 9.94. The first-order chi connectivity index (χ1) is 8.72. The molecule has 2 aromatic rings. The number of anilines is 1. The van der Waals surface area contributed by atoms with Gasteiger partial charge in [-0.3, -0.25) is 0 Å². The number of nitrogens with one attached hydrogen (secondary N) is 1. The van der Waals surface area contributed by atoms with Crippen LogP contribution in [0.3, 0.4) is 0 Å². The van der Waals surface area contributed by atoms with E-state index in [1.807, 2.05) is 25.2 Å². The van der Waals surface area contributed by atoms with Crippen LogP contribution in [0.5, 0.6) is 5.75 Å². The van der Waals surface area contributed by atoms with Crippen LogP contribution in [0.2, 0.25) is 5.02 Å². The van der Waals surface area contributed by atoms with Crippen molar-refractivity contribution in [3.63, 3.8) is 0 Å². The Balaban J connectivity index is 2.07. The Hall–Kier alpha value is -0.980. The fraction of sp³-hybridized carbons (Fsp3) is 0.273. The zero-order chi connectivity index (χ0) is 13.0. The van der Waals surface area contributed by atoms with E-state index >= 15 is 0 Å². The van der Waals surface area contributed by atoms with Crippen LogP contribution in [-0.2, 0) is 5.75 Å². The SMILES string of the molecule is CNc1nnc(SCc2cc(Cl)ccc2OC)s1. The molecule has 0 atom stereocenters. The molecule has 0 unspecified atom stereocenters. The number of aromatic nitrogens is 2. The van der Waals surface area contributed by atoms with Crippen molar-refractivity contribution in [1.82, 2.24) is 10.2 Å². The number of halogens is 1. The summed E-state index contributed by atoms with van der Waals surface area (Å²) in [5.74, 6) is 1.59. The molecule has 0 aliphatic heterocycles. The number of nitrogens with zero attached hydrogens (tertiary/aromatic N) is 2. The standard InChI is InChI=1S/C11H12ClN3OS2/c1-13-10-14-15-11(18-10)17-6-7-5-8(12)3-4-9(7)16-2/h3-5H,6H2,1-2H3,(H,13,14). The van der Waals surface area contributed by atoms with Gasteiger partial charge in [-0.25, -0.2) is 0 Å². The van der Waals surface area contributed by atoms with Gasteiger partial charge in [0.2, 0.25) is 5.13 Å². The highest BCUT2D eigenvalue weighted by Crippen LogP contribution is 2.32. The Morgan fingerprint density at radius 1 is 1.44 bits per heavy atom. The maximum atomic E-state index is 5.98. The summed E-state index contributed by atoms with van der Waals surface area (Å²) >= 11 is 9.12. The minimum Gasteiger partial charge on any atom is -0.496 e. The van der Waals surface area contributed by atoms with Crippen LogP contribution >= 0.6 is 34.7 Å². The number of hydrogen-bond donors (Lipinski definition) is 1. The molecule has 0 radical (unpaired) electrons. The van der Waals surface area contributed by atoms with Crippen LogP contribution in [-0.4, -0.2) is 24.4 Å². The van der Waals surface area contributed by atoms with E-state index in [0.717, 1.165) is 26.5 Å². The molecular formula is C11H12ClN3OS2. The highest BCUT2D eigenvalue weighted by molar-refractivity contribution is 8.00. The Kier molecular flexibility index (Phi) is 4.68. The normalized spacial score (nSPS) is 10.4. The summed E-state index contributed by atoms with van der Waals surface area (Å²) in [7, 11) is 3.48. The summed E-state index contributed by atoms with van der Waals surface area (Å²) in [5, 5.41) is 12.5. The molecule has 0 saturated carbocycles. The van der Waals surface area contributed by atoms with E-state index in [0.29, 0.717) is 5.02 Å². The molecule has 0 fully saturated rings. The van der Waals surface area contributed by atoms with Crippen molar-refractivity contribution in [2.75, 3.05) is 19.5 Å². The van der Waals surface area contributed by atoms with Crippen molar-refractivity contribution >= 4 is 39.8 Å². The van der Waals surface area contributed by atoms with Crippen LogP contribution < -0.4 is 10.1 Å². The van der Waals surface area contributed by atoms with Gasteiger partial charge in [-0.15, -0.1) is 10.2 Å². The van der Waals surface area contributed by atoms with Crippen LogP contribution in [0.4, 0.5) is 5.13 Å². The Labute approximate surface area is 119 Å². The molecule has 2 rings (SSSR count). The van der Waals surface area contributed by atoms with E-state index < -0.39 is 0 Å². The minimum atomic E-state index is 0.708. The third-order valence-electron chi connectivity index (χ3n) is 2.21. The molecule has 18 heavy (non-hydrogen) atoms. The zero-order valence-corrected chi connectivity index (χ0v) is 12.3. The molecule has 1 heterocycles. The van der Waals surface area contributed by atoms with E-state index in [9.17, 15) is 0 Å².